The van der Waals surface area contributed by atoms with Crippen LogP contribution in [0.5, 0.6) is 0 Å². The molecule has 3 aromatic carbocycles. The average molecular weight is 392 g/mol. The van der Waals surface area contributed by atoms with Gasteiger partial charge in [0.25, 0.3) is 0 Å². The van der Waals surface area contributed by atoms with Crippen LogP contribution < -0.4 is 0 Å². The zero-order valence-corrected chi connectivity index (χ0v) is 16.6. The van der Waals surface area contributed by atoms with E-state index in [9.17, 15) is 4.79 Å². The standard InChI is InChI=1S/C26H20N2O2/c1-2-30-25(29)16-20-15-24(19-10-11-22-18(14-19)7-5-13-27-22)28-23-12-9-17-6-3-4-8-21(17)26(20)23/h3-15H,2,16H2,1H3. The first kappa shape index (κ1) is 18.3. The van der Waals surface area contributed by atoms with Crippen molar-refractivity contribution in [1.29, 1.82) is 0 Å². The van der Waals surface area contributed by atoms with Crippen LogP contribution in [-0.4, -0.2) is 22.5 Å². The van der Waals surface area contributed by atoms with Crippen LogP contribution in [0.25, 0.3) is 43.8 Å². The highest BCUT2D eigenvalue weighted by Crippen LogP contribution is 2.32. The molecule has 0 N–H and O–H groups in total. The fourth-order valence-electron chi connectivity index (χ4n) is 3.98. The molecule has 2 aromatic heterocycles. The SMILES string of the molecule is CCOC(=O)Cc1cc(-c2ccc3ncccc3c2)nc2ccc3ccccc3c12. The molecular formula is C26H20N2O2. The van der Waals surface area contributed by atoms with Gasteiger partial charge in [0.2, 0.25) is 0 Å². The summed E-state index contributed by atoms with van der Waals surface area (Å²) in [6, 6.07) is 24.4. The van der Waals surface area contributed by atoms with Crippen molar-refractivity contribution >= 4 is 38.5 Å². The summed E-state index contributed by atoms with van der Waals surface area (Å²) in [4.78, 5) is 21.7. The van der Waals surface area contributed by atoms with Crippen molar-refractivity contribution in [2.24, 2.45) is 0 Å². The molecule has 0 aliphatic carbocycles. The minimum absolute atomic E-state index is 0.211. The predicted octanol–water partition coefficient (Wildman–Crippen LogP) is 5.71. The molecule has 0 atom stereocenters. The van der Waals surface area contributed by atoms with Gasteiger partial charge < -0.3 is 4.74 Å². The van der Waals surface area contributed by atoms with Gasteiger partial charge in [-0.15, -0.1) is 0 Å². The van der Waals surface area contributed by atoms with Crippen molar-refractivity contribution in [2.75, 3.05) is 6.61 Å². The van der Waals surface area contributed by atoms with Crippen LogP contribution >= 0.6 is 0 Å². The number of pyridine rings is 2. The van der Waals surface area contributed by atoms with E-state index in [-0.39, 0.29) is 12.4 Å². The fraction of sp³-hybridized carbons (Fsp3) is 0.115. The molecule has 0 radical (unpaired) electrons. The van der Waals surface area contributed by atoms with E-state index in [4.69, 9.17) is 9.72 Å². The summed E-state index contributed by atoms with van der Waals surface area (Å²) < 4.78 is 5.24. The van der Waals surface area contributed by atoms with Gasteiger partial charge in [0, 0.05) is 22.5 Å². The van der Waals surface area contributed by atoms with E-state index < -0.39 is 0 Å². The van der Waals surface area contributed by atoms with Gasteiger partial charge in [-0.3, -0.25) is 9.78 Å². The number of hydrogen-bond acceptors (Lipinski definition) is 4. The minimum Gasteiger partial charge on any atom is -0.466 e. The van der Waals surface area contributed by atoms with Gasteiger partial charge in [0.05, 0.1) is 29.8 Å². The third kappa shape index (κ3) is 3.26. The van der Waals surface area contributed by atoms with E-state index in [0.29, 0.717) is 6.61 Å². The molecule has 30 heavy (non-hydrogen) atoms. The smallest absolute Gasteiger partial charge is 0.310 e. The van der Waals surface area contributed by atoms with Gasteiger partial charge in [0.15, 0.2) is 0 Å². The van der Waals surface area contributed by atoms with Crippen molar-refractivity contribution in [3.05, 3.63) is 84.6 Å². The second kappa shape index (κ2) is 7.56. The monoisotopic (exact) mass is 392 g/mol. The van der Waals surface area contributed by atoms with Gasteiger partial charge in [0.1, 0.15) is 0 Å². The van der Waals surface area contributed by atoms with Crippen molar-refractivity contribution in [2.45, 2.75) is 13.3 Å². The normalized spacial score (nSPS) is 11.2. The summed E-state index contributed by atoms with van der Waals surface area (Å²) in [6.45, 7) is 2.19. The van der Waals surface area contributed by atoms with Gasteiger partial charge in [-0.2, -0.15) is 0 Å². The molecule has 5 aromatic rings. The molecule has 5 rings (SSSR count). The predicted molar refractivity (Wildman–Crippen MR) is 120 cm³/mol. The second-order valence-electron chi connectivity index (χ2n) is 7.24. The quantitative estimate of drug-likeness (QED) is 0.290. The van der Waals surface area contributed by atoms with E-state index in [1.807, 2.05) is 55.5 Å². The number of benzene rings is 3. The van der Waals surface area contributed by atoms with Gasteiger partial charge >= 0.3 is 5.97 Å². The van der Waals surface area contributed by atoms with Crippen LogP contribution in [0.4, 0.5) is 0 Å². The molecule has 0 saturated heterocycles. The topological polar surface area (TPSA) is 52.1 Å². The number of rotatable bonds is 4. The Hall–Kier alpha value is -3.79. The van der Waals surface area contributed by atoms with Crippen LogP contribution in [0.2, 0.25) is 0 Å². The number of nitrogens with zero attached hydrogens (tertiary/aromatic N) is 2. The average Bonchev–Trinajstić information content (AvgIpc) is 2.78. The Morgan fingerprint density at radius 3 is 2.63 bits per heavy atom. The van der Waals surface area contributed by atoms with E-state index in [0.717, 1.165) is 49.4 Å². The molecule has 4 heteroatoms. The maximum atomic E-state index is 12.4. The number of carbonyl (C=O) groups excluding carboxylic acids is 1. The van der Waals surface area contributed by atoms with Crippen LogP contribution in [0.1, 0.15) is 12.5 Å². The molecule has 146 valence electrons. The third-order valence-electron chi connectivity index (χ3n) is 5.32. The maximum Gasteiger partial charge on any atom is 0.310 e. The number of fused-ring (bicyclic) bond motifs is 4. The molecule has 0 saturated carbocycles. The summed E-state index contributed by atoms with van der Waals surface area (Å²) in [6.07, 6.45) is 2.00. The number of esters is 1. The first-order valence-corrected chi connectivity index (χ1v) is 10.0. The second-order valence-corrected chi connectivity index (χ2v) is 7.24. The van der Waals surface area contributed by atoms with E-state index in [1.54, 1.807) is 6.20 Å². The molecule has 0 aliphatic rings. The maximum absolute atomic E-state index is 12.4. The number of hydrogen-bond donors (Lipinski definition) is 0. The van der Waals surface area contributed by atoms with Crippen molar-refractivity contribution in [3.63, 3.8) is 0 Å². The largest absolute Gasteiger partial charge is 0.466 e. The Labute approximate surface area is 174 Å². The number of ether oxygens (including phenoxy) is 1. The minimum atomic E-state index is -0.230. The Bertz CT molecular complexity index is 1410. The summed E-state index contributed by atoms with van der Waals surface area (Å²) in [5, 5.41) is 4.28. The summed E-state index contributed by atoms with van der Waals surface area (Å²) in [7, 11) is 0. The first-order valence-electron chi connectivity index (χ1n) is 10.0. The lowest BCUT2D eigenvalue weighted by molar-refractivity contribution is -0.142. The molecule has 0 unspecified atom stereocenters. The summed E-state index contributed by atoms with van der Waals surface area (Å²) in [5.74, 6) is -0.230. The molecule has 4 nitrogen and oxygen atoms in total. The third-order valence-corrected chi connectivity index (χ3v) is 5.32. The Morgan fingerprint density at radius 2 is 1.73 bits per heavy atom. The van der Waals surface area contributed by atoms with Crippen LogP contribution in [0.3, 0.4) is 0 Å². The van der Waals surface area contributed by atoms with Crippen LogP contribution in [-0.2, 0) is 16.0 Å². The van der Waals surface area contributed by atoms with Crippen molar-refractivity contribution in [3.8, 4) is 11.3 Å². The highest BCUT2D eigenvalue weighted by Gasteiger charge is 2.14. The van der Waals surface area contributed by atoms with Gasteiger partial charge in [-0.05, 0) is 53.6 Å². The summed E-state index contributed by atoms with van der Waals surface area (Å²) in [5.41, 5.74) is 4.58. The Morgan fingerprint density at radius 1 is 0.900 bits per heavy atom. The summed E-state index contributed by atoms with van der Waals surface area (Å²) >= 11 is 0. The first-order chi connectivity index (χ1) is 14.7. The van der Waals surface area contributed by atoms with Crippen LogP contribution in [0, 0.1) is 0 Å². The van der Waals surface area contributed by atoms with E-state index in [1.165, 1.54) is 0 Å². The number of carbonyl (C=O) groups is 1. The van der Waals surface area contributed by atoms with E-state index in [2.05, 4.69) is 29.2 Å². The highest BCUT2D eigenvalue weighted by atomic mass is 16.5. The Balaban J connectivity index is 1.74. The lowest BCUT2D eigenvalue weighted by Gasteiger charge is -2.12. The zero-order chi connectivity index (χ0) is 20.5. The lowest BCUT2D eigenvalue weighted by Crippen LogP contribution is -2.08. The van der Waals surface area contributed by atoms with Crippen molar-refractivity contribution in [1.82, 2.24) is 9.97 Å². The molecule has 2 heterocycles. The van der Waals surface area contributed by atoms with Crippen molar-refractivity contribution < 1.29 is 9.53 Å². The Kier molecular flexibility index (Phi) is 4.60. The van der Waals surface area contributed by atoms with Gasteiger partial charge in [-0.25, -0.2) is 4.98 Å². The number of aromatic nitrogens is 2. The zero-order valence-electron chi connectivity index (χ0n) is 16.6. The van der Waals surface area contributed by atoms with E-state index >= 15 is 0 Å². The molecule has 0 amide bonds. The lowest BCUT2D eigenvalue weighted by atomic mass is 9.97. The van der Waals surface area contributed by atoms with Gasteiger partial charge in [-0.1, -0.05) is 42.5 Å². The molecular weight excluding hydrogens is 372 g/mol. The molecule has 0 bridgehead atoms. The molecule has 0 fully saturated rings. The molecule has 0 aliphatic heterocycles. The highest BCUT2D eigenvalue weighted by molar-refractivity contribution is 6.09. The molecule has 0 spiro atoms. The van der Waals surface area contributed by atoms with Crippen LogP contribution in [0.15, 0.2) is 79.0 Å². The fourth-order valence-corrected chi connectivity index (χ4v) is 3.98.